The summed E-state index contributed by atoms with van der Waals surface area (Å²) >= 11 is 0. The Morgan fingerprint density at radius 3 is 2.06 bits per heavy atom. The van der Waals surface area contributed by atoms with Gasteiger partial charge in [0.2, 0.25) is 5.91 Å². The number of amides is 3. The molecule has 1 heterocycles. The fourth-order valence-corrected chi connectivity index (χ4v) is 1.90. The molecule has 1 saturated heterocycles. The fourth-order valence-electron chi connectivity index (χ4n) is 1.90. The topological polar surface area (TPSA) is 92.5 Å². The maximum absolute atomic E-state index is 11.9. The van der Waals surface area contributed by atoms with Crippen molar-refractivity contribution in [2.75, 3.05) is 13.1 Å². The molecule has 102 valence electrons. The lowest BCUT2D eigenvalue weighted by molar-refractivity contribution is -0.148. The Hall–Kier alpha value is -1.59. The molecule has 0 atom stereocenters. The van der Waals surface area contributed by atoms with Gasteiger partial charge in [-0.15, -0.1) is 0 Å². The van der Waals surface area contributed by atoms with Gasteiger partial charge in [-0.1, -0.05) is 0 Å². The molecule has 0 aliphatic carbocycles. The summed E-state index contributed by atoms with van der Waals surface area (Å²) in [6, 6.07) is 0. The highest BCUT2D eigenvalue weighted by Gasteiger charge is 2.30. The van der Waals surface area contributed by atoms with Crippen molar-refractivity contribution in [3.8, 4) is 0 Å². The first-order chi connectivity index (χ1) is 8.20. The molecule has 0 aromatic rings. The van der Waals surface area contributed by atoms with E-state index in [1.807, 2.05) is 20.8 Å². The highest BCUT2D eigenvalue weighted by molar-refractivity contribution is 6.35. The van der Waals surface area contributed by atoms with E-state index in [1.54, 1.807) is 0 Å². The van der Waals surface area contributed by atoms with Gasteiger partial charge in [0, 0.05) is 24.5 Å². The number of hydrogen-bond acceptors (Lipinski definition) is 3. The van der Waals surface area contributed by atoms with E-state index in [1.165, 1.54) is 4.90 Å². The Morgan fingerprint density at radius 1 is 1.17 bits per heavy atom. The molecule has 0 radical (unpaired) electrons. The van der Waals surface area contributed by atoms with Crippen LogP contribution < -0.4 is 11.1 Å². The van der Waals surface area contributed by atoms with Gasteiger partial charge < -0.3 is 16.0 Å². The van der Waals surface area contributed by atoms with Gasteiger partial charge in [-0.05, 0) is 33.6 Å². The van der Waals surface area contributed by atoms with Gasteiger partial charge in [0.25, 0.3) is 0 Å². The van der Waals surface area contributed by atoms with Crippen molar-refractivity contribution in [3.63, 3.8) is 0 Å². The number of likely N-dealkylation sites (tertiary alicyclic amines) is 1. The molecular formula is C12H21N3O3. The normalized spacial score (nSPS) is 17.4. The van der Waals surface area contributed by atoms with Crippen molar-refractivity contribution in [3.05, 3.63) is 0 Å². The van der Waals surface area contributed by atoms with Crippen molar-refractivity contribution in [2.45, 2.75) is 39.2 Å². The third kappa shape index (κ3) is 4.01. The first-order valence-corrected chi connectivity index (χ1v) is 6.11. The predicted octanol–water partition coefficient (Wildman–Crippen LogP) is -0.375. The lowest BCUT2D eigenvalue weighted by Gasteiger charge is -2.31. The molecule has 0 unspecified atom stereocenters. The summed E-state index contributed by atoms with van der Waals surface area (Å²) in [5.74, 6) is -1.64. The molecule has 3 N–H and O–H groups in total. The van der Waals surface area contributed by atoms with E-state index in [0.717, 1.165) is 0 Å². The maximum atomic E-state index is 11.9. The van der Waals surface area contributed by atoms with Crippen molar-refractivity contribution < 1.29 is 14.4 Å². The van der Waals surface area contributed by atoms with E-state index in [4.69, 9.17) is 5.73 Å². The van der Waals surface area contributed by atoms with Gasteiger partial charge in [0.1, 0.15) is 0 Å². The smallest absolute Gasteiger partial charge is 0.311 e. The number of rotatable bonds is 1. The van der Waals surface area contributed by atoms with Crippen LogP contribution in [-0.4, -0.2) is 41.2 Å². The molecule has 1 aliphatic heterocycles. The number of primary amides is 1. The summed E-state index contributed by atoms with van der Waals surface area (Å²) in [6.07, 6.45) is 1.06. The SMILES string of the molecule is CC(C)(C)NC(=O)C(=O)N1CCC(C(N)=O)CC1. The fraction of sp³-hybridized carbons (Fsp3) is 0.750. The average Bonchev–Trinajstić information content (AvgIpc) is 2.26. The monoisotopic (exact) mass is 255 g/mol. The Bertz CT molecular complexity index is 352. The van der Waals surface area contributed by atoms with Crippen LogP contribution in [0.25, 0.3) is 0 Å². The Morgan fingerprint density at radius 2 is 1.67 bits per heavy atom. The van der Waals surface area contributed by atoms with E-state index in [-0.39, 0.29) is 11.8 Å². The molecule has 0 saturated carbocycles. The molecule has 6 nitrogen and oxygen atoms in total. The molecule has 18 heavy (non-hydrogen) atoms. The van der Waals surface area contributed by atoms with Crippen LogP contribution in [0.1, 0.15) is 33.6 Å². The van der Waals surface area contributed by atoms with Crippen LogP contribution >= 0.6 is 0 Å². The number of hydrogen-bond donors (Lipinski definition) is 2. The number of piperidine rings is 1. The van der Waals surface area contributed by atoms with Crippen LogP contribution in [0, 0.1) is 5.92 Å². The van der Waals surface area contributed by atoms with E-state index >= 15 is 0 Å². The summed E-state index contributed by atoms with van der Waals surface area (Å²) in [4.78, 5) is 36.0. The highest BCUT2D eigenvalue weighted by Crippen LogP contribution is 2.16. The Labute approximate surface area is 107 Å². The van der Waals surface area contributed by atoms with Crippen LogP contribution in [0.2, 0.25) is 0 Å². The molecule has 3 amide bonds. The number of carbonyl (C=O) groups excluding carboxylic acids is 3. The van der Waals surface area contributed by atoms with Crippen molar-refractivity contribution >= 4 is 17.7 Å². The van der Waals surface area contributed by atoms with Gasteiger partial charge >= 0.3 is 11.8 Å². The minimum absolute atomic E-state index is 0.181. The van der Waals surface area contributed by atoms with Crippen LogP contribution in [0.5, 0.6) is 0 Å². The van der Waals surface area contributed by atoms with Crippen molar-refractivity contribution in [1.29, 1.82) is 0 Å². The van der Waals surface area contributed by atoms with Crippen LogP contribution in [-0.2, 0) is 14.4 Å². The molecule has 0 bridgehead atoms. The molecule has 0 spiro atoms. The average molecular weight is 255 g/mol. The standard InChI is InChI=1S/C12H21N3O3/c1-12(2,3)14-10(17)11(18)15-6-4-8(5-7-15)9(13)16/h8H,4-7H2,1-3H3,(H2,13,16)(H,14,17). The van der Waals surface area contributed by atoms with Gasteiger partial charge in [0.15, 0.2) is 0 Å². The zero-order chi connectivity index (χ0) is 13.9. The lowest BCUT2D eigenvalue weighted by Crippen LogP contribution is -2.51. The maximum Gasteiger partial charge on any atom is 0.311 e. The Balaban J connectivity index is 2.50. The summed E-state index contributed by atoms with van der Waals surface area (Å²) < 4.78 is 0. The van der Waals surface area contributed by atoms with E-state index in [2.05, 4.69) is 5.32 Å². The summed E-state index contributed by atoms with van der Waals surface area (Å²) in [6.45, 7) is 6.26. The summed E-state index contributed by atoms with van der Waals surface area (Å²) in [5.41, 5.74) is 4.78. The number of nitrogens with two attached hydrogens (primary N) is 1. The molecule has 1 aliphatic rings. The summed E-state index contributed by atoms with van der Waals surface area (Å²) in [7, 11) is 0. The first-order valence-electron chi connectivity index (χ1n) is 6.11. The zero-order valence-corrected chi connectivity index (χ0v) is 11.2. The van der Waals surface area contributed by atoms with Crippen molar-refractivity contribution in [2.24, 2.45) is 11.7 Å². The largest absolute Gasteiger partial charge is 0.369 e. The lowest BCUT2D eigenvalue weighted by atomic mass is 9.96. The molecular weight excluding hydrogens is 234 g/mol. The third-order valence-electron chi connectivity index (χ3n) is 2.87. The third-order valence-corrected chi connectivity index (χ3v) is 2.87. The Kier molecular flexibility index (Phi) is 4.32. The molecule has 0 aromatic carbocycles. The van der Waals surface area contributed by atoms with E-state index in [9.17, 15) is 14.4 Å². The second kappa shape index (κ2) is 5.37. The minimum atomic E-state index is -0.597. The number of nitrogens with zero attached hydrogens (tertiary/aromatic N) is 1. The van der Waals surface area contributed by atoms with Crippen molar-refractivity contribution in [1.82, 2.24) is 10.2 Å². The van der Waals surface area contributed by atoms with Gasteiger partial charge in [-0.25, -0.2) is 0 Å². The highest BCUT2D eigenvalue weighted by atomic mass is 16.2. The van der Waals surface area contributed by atoms with Gasteiger partial charge in [-0.3, -0.25) is 14.4 Å². The molecule has 1 fully saturated rings. The van der Waals surface area contributed by atoms with Crippen LogP contribution in [0.15, 0.2) is 0 Å². The molecule has 6 heteroatoms. The van der Waals surface area contributed by atoms with Gasteiger partial charge in [-0.2, -0.15) is 0 Å². The second-order valence-corrected chi connectivity index (χ2v) is 5.67. The van der Waals surface area contributed by atoms with E-state index in [0.29, 0.717) is 25.9 Å². The molecule has 0 aromatic heterocycles. The van der Waals surface area contributed by atoms with E-state index < -0.39 is 17.4 Å². The van der Waals surface area contributed by atoms with Crippen LogP contribution in [0.4, 0.5) is 0 Å². The van der Waals surface area contributed by atoms with Crippen LogP contribution in [0.3, 0.4) is 0 Å². The molecule has 1 rings (SSSR count). The first kappa shape index (κ1) is 14.5. The number of carbonyl (C=O) groups is 3. The van der Waals surface area contributed by atoms with Gasteiger partial charge in [0.05, 0.1) is 0 Å². The summed E-state index contributed by atoms with van der Waals surface area (Å²) in [5, 5.41) is 2.63. The number of nitrogens with one attached hydrogen (secondary N) is 1. The quantitative estimate of drug-likeness (QED) is 0.626. The second-order valence-electron chi connectivity index (χ2n) is 5.67. The predicted molar refractivity (Wildman–Crippen MR) is 66.4 cm³/mol. The minimum Gasteiger partial charge on any atom is -0.369 e. The zero-order valence-electron chi connectivity index (χ0n) is 11.2.